The zero-order valence-corrected chi connectivity index (χ0v) is 24.4. The number of nitrogens with one attached hydrogen (secondary N) is 1. The number of esters is 1. The Morgan fingerprint density at radius 2 is 1.69 bits per heavy atom. The Bertz CT molecular complexity index is 1540. The van der Waals surface area contributed by atoms with Crippen LogP contribution in [0.3, 0.4) is 0 Å². The highest BCUT2D eigenvalue weighted by molar-refractivity contribution is 9.10. The number of carbonyl (C=O) groups excluding carboxylic acids is 4. The third kappa shape index (κ3) is 4.85. The zero-order chi connectivity index (χ0) is 28.1. The van der Waals surface area contributed by atoms with Gasteiger partial charge in [-0.05, 0) is 55.5 Å². The lowest BCUT2D eigenvalue weighted by molar-refractivity contribution is -0.123. The van der Waals surface area contributed by atoms with Gasteiger partial charge < -0.3 is 10.1 Å². The smallest absolute Gasteiger partial charge is 0.338 e. The van der Waals surface area contributed by atoms with Gasteiger partial charge in [0.15, 0.2) is 0 Å². The number of amides is 3. The van der Waals surface area contributed by atoms with Crippen molar-refractivity contribution >= 4 is 74.1 Å². The summed E-state index contributed by atoms with van der Waals surface area (Å²) in [4.78, 5) is 66.4. The molecule has 1 saturated heterocycles. The molecule has 12 heteroatoms. The van der Waals surface area contributed by atoms with Crippen LogP contribution in [-0.4, -0.2) is 40.1 Å². The fraction of sp³-hybridized carbons (Fsp3) is 0.296. The van der Waals surface area contributed by atoms with E-state index < -0.39 is 28.5 Å². The summed E-state index contributed by atoms with van der Waals surface area (Å²) in [6.45, 7) is 5.45. The van der Waals surface area contributed by atoms with Gasteiger partial charge in [0.1, 0.15) is 11.8 Å². The van der Waals surface area contributed by atoms with Crippen LogP contribution in [0.25, 0.3) is 0 Å². The van der Waals surface area contributed by atoms with Crippen molar-refractivity contribution in [2.24, 2.45) is 5.92 Å². The molecule has 2 aliphatic heterocycles. The standard InChI is InChI=1S/C27H24BrN3O6S2/c1-4-37-25(35)14-5-9-16(10-6-14)29-18(32)13-30-24-21(39-26(30)36)27(2,3)19-20(38-24)23(34)31(22(19)33)17-11-7-15(28)8-12-17/h5-12,19-20H,4,13H2,1-3H3,(H,29,32)/t19-,20+/m1/s1. The molecule has 0 aliphatic carbocycles. The summed E-state index contributed by atoms with van der Waals surface area (Å²) < 4.78 is 7.16. The first kappa shape index (κ1) is 27.4. The normalized spacial score (nSPS) is 19.4. The monoisotopic (exact) mass is 629 g/mol. The lowest BCUT2D eigenvalue weighted by Crippen LogP contribution is -2.41. The summed E-state index contributed by atoms with van der Waals surface area (Å²) in [6.07, 6.45) is 0. The summed E-state index contributed by atoms with van der Waals surface area (Å²) >= 11 is 5.54. The number of rotatable bonds is 6. The van der Waals surface area contributed by atoms with Crippen LogP contribution in [-0.2, 0) is 31.1 Å². The molecule has 5 rings (SSSR count). The van der Waals surface area contributed by atoms with Gasteiger partial charge in [0.05, 0.1) is 28.8 Å². The highest BCUT2D eigenvalue weighted by atomic mass is 79.9. The van der Waals surface area contributed by atoms with Crippen LogP contribution in [0.15, 0.2) is 62.8 Å². The van der Waals surface area contributed by atoms with E-state index in [0.717, 1.165) is 15.8 Å². The van der Waals surface area contributed by atoms with E-state index in [9.17, 15) is 24.0 Å². The second kappa shape index (κ2) is 10.4. The van der Waals surface area contributed by atoms with Gasteiger partial charge >= 0.3 is 10.8 Å². The molecular weight excluding hydrogens is 606 g/mol. The molecular formula is C27H24BrN3O6S2. The van der Waals surface area contributed by atoms with Gasteiger partial charge in [-0.25, -0.2) is 9.69 Å². The number of benzene rings is 2. The maximum atomic E-state index is 13.5. The first-order valence-electron chi connectivity index (χ1n) is 12.1. The summed E-state index contributed by atoms with van der Waals surface area (Å²) in [5.41, 5.74) is 0.517. The third-order valence-electron chi connectivity index (χ3n) is 6.77. The molecule has 0 radical (unpaired) electrons. The molecule has 0 spiro atoms. The SMILES string of the molecule is CCOC(=O)c1ccc(NC(=O)Cn2c3c(sc2=O)C(C)(C)[C@H]2C(=O)N(c4ccc(Br)cc4)C(=O)[C@H]2S3)cc1. The maximum Gasteiger partial charge on any atom is 0.338 e. The number of ether oxygens (including phenoxy) is 1. The molecule has 3 aromatic rings. The second-order valence-electron chi connectivity index (χ2n) is 9.66. The number of nitrogens with zero attached hydrogens (tertiary/aromatic N) is 2. The number of hydrogen-bond donors (Lipinski definition) is 1. The number of halogens is 1. The summed E-state index contributed by atoms with van der Waals surface area (Å²) in [6, 6.07) is 13.2. The van der Waals surface area contributed by atoms with Gasteiger partial charge in [-0.3, -0.25) is 23.7 Å². The molecule has 1 aromatic heterocycles. The Labute approximate surface area is 240 Å². The Morgan fingerprint density at radius 1 is 1.03 bits per heavy atom. The molecule has 1 N–H and O–H groups in total. The van der Waals surface area contributed by atoms with E-state index in [0.29, 0.717) is 26.8 Å². The number of imide groups is 1. The Kier molecular flexibility index (Phi) is 7.29. The highest BCUT2D eigenvalue weighted by Gasteiger charge is 2.59. The molecule has 2 aliphatic rings. The number of carbonyl (C=O) groups is 4. The number of thioether (sulfide) groups is 1. The molecule has 1 fully saturated rings. The van der Waals surface area contributed by atoms with E-state index in [2.05, 4.69) is 21.2 Å². The Morgan fingerprint density at radius 3 is 2.33 bits per heavy atom. The Balaban J connectivity index is 1.39. The minimum absolute atomic E-state index is 0.259. The van der Waals surface area contributed by atoms with Crippen molar-refractivity contribution in [3.8, 4) is 0 Å². The van der Waals surface area contributed by atoms with E-state index in [1.165, 1.54) is 21.2 Å². The van der Waals surface area contributed by atoms with Crippen molar-refractivity contribution in [1.82, 2.24) is 4.57 Å². The maximum absolute atomic E-state index is 13.5. The highest BCUT2D eigenvalue weighted by Crippen LogP contribution is 2.54. The molecule has 2 aromatic carbocycles. The summed E-state index contributed by atoms with van der Waals surface area (Å²) in [5, 5.41) is 2.55. The zero-order valence-electron chi connectivity index (χ0n) is 21.2. The van der Waals surface area contributed by atoms with Crippen molar-refractivity contribution < 1.29 is 23.9 Å². The van der Waals surface area contributed by atoms with Gasteiger partial charge in [-0.15, -0.1) is 0 Å². The molecule has 39 heavy (non-hydrogen) atoms. The first-order valence-corrected chi connectivity index (χ1v) is 14.6. The van der Waals surface area contributed by atoms with E-state index in [1.54, 1.807) is 55.5 Å². The van der Waals surface area contributed by atoms with Crippen molar-refractivity contribution in [1.29, 1.82) is 0 Å². The van der Waals surface area contributed by atoms with Crippen molar-refractivity contribution in [3.05, 3.63) is 73.1 Å². The van der Waals surface area contributed by atoms with Crippen LogP contribution in [0.2, 0.25) is 0 Å². The lowest BCUT2D eigenvalue weighted by atomic mass is 9.76. The van der Waals surface area contributed by atoms with Gasteiger partial charge in [0.25, 0.3) is 0 Å². The molecule has 0 saturated carbocycles. The molecule has 9 nitrogen and oxygen atoms in total. The summed E-state index contributed by atoms with van der Waals surface area (Å²) in [7, 11) is 0. The van der Waals surface area contributed by atoms with Crippen LogP contribution >= 0.6 is 39.0 Å². The van der Waals surface area contributed by atoms with Crippen molar-refractivity contribution in [2.75, 3.05) is 16.8 Å². The molecule has 3 amide bonds. The van der Waals surface area contributed by atoms with Crippen LogP contribution < -0.4 is 15.1 Å². The topological polar surface area (TPSA) is 115 Å². The largest absolute Gasteiger partial charge is 0.462 e. The fourth-order valence-corrected chi connectivity index (χ4v) is 8.16. The average Bonchev–Trinajstić information content (AvgIpc) is 3.34. The number of thiazole rings is 1. The molecule has 2 atom stereocenters. The van der Waals surface area contributed by atoms with Crippen LogP contribution in [0, 0.1) is 5.92 Å². The van der Waals surface area contributed by atoms with Gasteiger partial charge in [0.2, 0.25) is 17.7 Å². The van der Waals surface area contributed by atoms with Gasteiger partial charge in [-0.2, -0.15) is 0 Å². The predicted octanol–water partition coefficient (Wildman–Crippen LogP) is 4.43. The molecule has 202 valence electrons. The van der Waals surface area contributed by atoms with E-state index >= 15 is 0 Å². The number of aromatic nitrogens is 1. The number of anilines is 2. The molecule has 0 unspecified atom stereocenters. The predicted molar refractivity (Wildman–Crippen MR) is 152 cm³/mol. The quantitative estimate of drug-likeness (QED) is 0.317. The number of fused-ring (bicyclic) bond motifs is 2. The molecule has 3 heterocycles. The van der Waals surface area contributed by atoms with Gasteiger partial charge in [0, 0.05) is 20.5 Å². The summed E-state index contributed by atoms with van der Waals surface area (Å²) in [5.74, 6) is -2.18. The van der Waals surface area contributed by atoms with E-state index in [-0.39, 0.29) is 29.8 Å². The minimum Gasteiger partial charge on any atom is -0.462 e. The van der Waals surface area contributed by atoms with E-state index in [1.807, 2.05) is 13.8 Å². The average molecular weight is 631 g/mol. The first-order chi connectivity index (χ1) is 18.5. The minimum atomic E-state index is -0.795. The van der Waals surface area contributed by atoms with Crippen LogP contribution in [0.4, 0.5) is 11.4 Å². The van der Waals surface area contributed by atoms with Gasteiger partial charge in [-0.1, -0.05) is 52.9 Å². The van der Waals surface area contributed by atoms with Crippen LogP contribution in [0.1, 0.15) is 36.0 Å². The molecule has 0 bridgehead atoms. The Hall–Kier alpha value is -3.22. The van der Waals surface area contributed by atoms with Crippen LogP contribution in [0.5, 0.6) is 0 Å². The fourth-order valence-electron chi connectivity index (χ4n) is 4.86. The lowest BCUT2D eigenvalue weighted by Gasteiger charge is -2.36. The van der Waals surface area contributed by atoms with E-state index in [4.69, 9.17) is 4.74 Å². The third-order valence-corrected chi connectivity index (χ3v) is 10.1. The second-order valence-corrected chi connectivity index (χ2v) is 12.7. The van der Waals surface area contributed by atoms with Crippen molar-refractivity contribution in [2.45, 2.75) is 43.0 Å². The van der Waals surface area contributed by atoms with Crippen molar-refractivity contribution in [3.63, 3.8) is 0 Å². The number of hydrogen-bond acceptors (Lipinski definition) is 8.